The molecular formula is C35H40FN5O6. The average molecular weight is 646 g/mol. The van der Waals surface area contributed by atoms with Gasteiger partial charge in [0.25, 0.3) is 0 Å². The second kappa shape index (κ2) is 16.1. The van der Waals surface area contributed by atoms with Crippen LogP contribution >= 0.6 is 0 Å². The number of methoxy groups -OCH3 is 3. The Balaban J connectivity index is 1.38. The van der Waals surface area contributed by atoms with E-state index in [9.17, 15) is 4.79 Å². The number of ether oxygens (including phenoxy) is 5. The first-order valence-electron chi connectivity index (χ1n) is 15.3. The second-order valence-electron chi connectivity index (χ2n) is 11.3. The molecule has 0 bridgehead atoms. The number of amides is 1. The molecule has 1 fully saturated rings. The van der Waals surface area contributed by atoms with Gasteiger partial charge in [-0.25, -0.2) is 14.2 Å². The van der Waals surface area contributed by atoms with Crippen LogP contribution in [0.5, 0.6) is 23.0 Å². The maximum Gasteiger partial charge on any atom is 0.421 e. The SMILES string of the molecule is COCc1ccccc1OC(=O)N(Cc1cc(OC)ccc1OC)c1ccnc(Nc2ccc(OCC3CCCN(C)C3)c(F)c2)n1. The Kier molecular flexibility index (Phi) is 11.4. The van der Waals surface area contributed by atoms with Gasteiger partial charge >= 0.3 is 6.09 Å². The van der Waals surface area contributed by atoms with Crippen LogP contribution in [0.1, 0.15) is 24.0 Å². The normalized spacial score (nSPS) is 14.7. The molecule has 1 aliphatic rings. The minimum Gasteiger partial charge on any atom is -0.497 e. The number of carbonyl (C=O) groups excluding carboxylic acids is 1. The molecule has 248 valence electrons. The van der Waals surface area contributed by atoms with E-state index in [1.807, 2.05) is 12.1 Å². The van der Waals surface area contributed by atoms with E-state index >= 15 is 4.39 Å². The van der Waals surface area contributed by atoms with Gasteiger partial charge in [0.05, 0.1) is 34.0 Å². The lowest BCUT2D eigenvalue weighted by atomic mass is 10.00. The van der Waals surface area contributed by atoms with Crippen molar-refractivity contribution in [3.8, 4) is 23.0 Å². The van der Waals surface area contributed by atoms with E-state index in [4.69, 9.17) is 23.7 Å². The van der Waals surface area contributed by atoms with Crippen molar-refractivity contribution in [2.75, 3.05) is 58.3 Å². The maximum atomic E-state index is 15.1. The van der Waals surface area contributed by atoms with E-state index in [2.05, 4.69) is 27.2 Å². The summed E-state index contributed by atoms with van der Waals surface area (Å²) in [6, 6.07) is 18.6. The van der Waals surface area contributed by atoms with Gasteiger partial charge in [0.1, 0.15) is 23.1 Å². The molecule has 12 heteroatoms. The Bertz CT molecular complexity index is 1660. The number of aromatic nitrogens is 2. The zero-order chi connectivity index (χ0) is 33.2. The van der Waals surface area contributed by atoms with Gasteiger partial charge in [0.15, 0.2) is 11.6 Å². The summed E-state index contributed by atoms with van der Waals surface area (Å²) in [6.45, 7) is 2.75. The number of hydrogen-bond donors (Lipinski definition) is 1. The Morgan fingerprint density at radius 2 is 1.83 bits per heavy atom. The molecule has 1 aliphatic heterocycles. The topological polar surface area (TPSA) is 108 Å². The fourth-order valence-corrected chi connectivity index (χ4v) is 5.44. The Labute approximate surface area is 274 Å². The molecule has 0 aliphatic carbocycles. The summed E-state index contributed by atoms with van der Waals surface area (Å²) in [6.07, 6.45) is 2.98. The van der Waals surface area contributed by atoms with E-state index in [0.717, 1.165) is 25.9 Å². The highest BCUT2D eigenvalue weighted by molar-refractivity contribution is 5.88. The van der Waals surface area contributed by atoms with Crippen molar-refractivity contribution in [1.29, 1.82) is 0 Å². The van der Waals surface area contributed by atoms with Crippen LogP contribution < -0.4 is 29.2 Å². The van der Waals surface area contributed by atoms with Crippen LogP contribution in [0.3, 0.4) is 0 Å². The highest BCUT2D eigenvalue weighted by Gasteiger charge is 2.24. The summed E-state index contributed by atoms with van der Waals surface area (Å²) in [5.74, 6) is 1.92. The van der Waals surface area contributed by atoms with Crippen molar-refractivity contribution in [2.24, 2.45) is 5.92 Å². The lowest BCUT2D eigenvalue weighted by molar-refractivity contribution is 0.147. The number of anilines is 3. The third-order valence-electron chi connectivity index (χ3n) is 7.81. The fraction of sp³-hybridized carbons (Fsp3) is 0.343. The van der Waals surface area contributed by atoms with Crippen LogP contribution in [0.25, 0.3) is 0 Å². The fourth-order valence-electron chi connectivity index (χ4n) is 5.44. The molecule has 2 heterocycles. The molecule has 0 radical (unpaired) electrons. The maximum absolute atomic E-state index is 15.1. The zero-order valence-corrected chi connectivity index (χ0v) is 27.1. The van der Waals surface area contributed by atoms with Crippen molar-refractivity contribution in [1.82, 2.24) is 14.9 Å². The molecule has 5 rings (SSSR count). The van der Waals surface area contributed by atoms with E-state index in [1.165, 1.54) is 17.2 Å². The van der Waals surface area contributed by atoms with Crippen LogP contribution in [-0.2, 0) is 17.9 Å². The molecule has 1 atom stereocenters. The molecule has 0 saturated carbocycles. The minimum atomic E-state index is -0.695. The predicted molar refractivity (Wildman–Crippen MR) is 176 cm³/mol. The number of carbonyl (C=O) groups is 1. The van der Waals surface area contributed by atoms with E-state index in [0.29, 0.717) is 46.6 Å². The molecule has 1 N–H and O–H groups in total. The molecule has 0 spiro atoms. The molecule has 1 amide bonds. The first-order valence-corrected chi connectivity index (χ1v) is 15.3. The summed E-state index contributed by atoms with van der Waals surface area (Å²) in [5, 5.41) is 3.03. The van der Waals surface area contributed by atoms with Crippen LogP contribution in [-0.4, -0.2) is 69.0 Å². The van der Waals surface area contributed by atoms with Crippen molar-refractivity contribution in [2.45, 2.75) is 26.0 Å². The Morgan fingerprint density at radius 1 is 1.00 bits per heavy atom. The Hall–Kier alpha value is -4.94. The number of para-hydroxylation sites is 1. The highest BCUT2D eigenvalue weighted by Crippen LogP contribution is 2.30. The highest BCUT2D eigenvalue weighted by atomic mass is 19.1. The van der Waals surface area contributed by atoms with Gasteiger partial charge in [-0.15, -0.1) is 0 Å². The van der Waals surface area contributed by atoms with Crippen LogP contribution in [0.15, 0.2) is 72.9 Å². The van der Waals surface area contributed by atoms with Gasteiger partial charge < -0.3 is 33.9 Å². The van der Waals surface area contributed by atoms with Gasteiger partial charge in [-0.3, -0.25) is 4.90 Å². The minimum absolute atomic E-state index is 0.0273. The number of hydrogen-bond acceptors (Lipinski definition) is 10. The summed E-state index contributed by atoms with van der Waals surface area (Å²) < 4.78 is 43.0. The number of halogens is 1. The summed E-state index contributed by atoms with van der Waals surface area (Å²) in [7, 11) is 6.76. The number of likely N-dealkylation sites (tertiary alicyclic amines) is 1. The lowest BCUT2D eigenvalue weighted by Crippen LogP contribution is -2.34. The summed E-state index contributed by atoms with van der Waals surface area (Å²) >= 11 is 0. The van der Waals surface area contributed by atoms with Gasteiger partial charge in [0, 0.05) is 48.6 Å². The van der Waals surface area contributed by atoms with Gasteiger partial charge in [-0.1, -0.05) is 18.2 Å². The van der Waals surface area contributed by atoms with Crippen molar-refractivity contribution in [3.63, 3.8) is 0 Å². The van der Waals surface area contributed by atoms with Crippen molar-refractivity contribution >= 4 is 23.5 Å². The van der Waals surface area contributed by atoms with Crippen LogP contribution in [0, 0.1) is 11.7 Å². The number of nitrogens with zero attached hydrogens (tertiary/aromatic N) is 4. The summed E-state index contributed by atoms with van der Waals surface area (Å²) in [4.78, 5) is 26.3. The van der Waals surface area contributed by atoms with Gasteiger partial charge in [-0.2, -0.15) is 4.98 Å². The third-order valence-corrected chi connectivity index (χ3v) is 7.81. The molecule has 1 unspecified atom stereocenters. The van der Waals surface area contributed by atoms with Crippen molar-refractivity contribution < 1.29 is 32.9 Å². The van der Waals surface area contributed by atoms with E-state index in [-0.39, 0.29) is 30.7 Å². The molecule has 3 aromatic carbocycles. The third kappa shape index (κ3) is 8.87. The average Bonchev–Trinajstić information content (AvgIpc) is 3.08. The van der Waals surface area contributed by atoms with Gasteiger partial charge in [-0.05, 0) is 68.9 Å². The zero-order valence-electron chi connectivity index (χ0n) is 27.1. The summed E-state index contributed by atoms with van der Waals surface area (Å²) in [5.41, 5.74) is 1.77. The predicted octanol–water partition coefficient (Wildman–Crippen LogP) is 6.45. The second-order valence-corrected chi connectivity index (χ2v) is 11.3. The van der Waals surface area contributed by atoms with Crippen LogP contribution in [0.4, 0.5) is 26.6 Å². The van der Waals surface area contributed by atoms with Crippen molar-refractivity contribution in [3.05, 3.63) is 89.9 Å². The van der Waals surface area contributed by atoms with Crippen LogP contribution in [0.2, 0.25) is 0 Å². The molecular weight excluding hydrogens is 605 g/mol. The monoisotopic (exact) mass is 645 g/mol. The molecule has 47 heavy (non-hydrogen) atoms. The molecule has 1 saturated heterocycles. The molecule has 11 nitrogen and oxygen atoms in total. The molecule has 4 aromatic rings. The first-order chi connectivity index (χ1) is 22.9. The molecule has 1 aromatic heterocycles. The standard InChI is InChI=1S/C35H40FN5O6/c1-40-17-7-8-24(20-40)22-46-32-13-11-27(19-29(32)36)38-34-37-16-15-33(39-34)41(21-26-18-28(44-3)12-14-30(26)45-4)35(42)47-31-10-6-5-9-25(31)23-43-2/h5-6,9-16,18-19,24H,7-8,17,20-23H2,1-4H3,(H,37,38,39). The lowest BCUT2D eigenvalue weighted by Gasteiger charge is -2.29. The number of piperidine rings is 1. The number of rotatable bonds is 13. The first kappa shape index (κ1) is 33.4. The largest absolute Gasteiger partial charge is 0.497 e. The quantitative estimate of drug-likeness (QED) is 0.174. The number of nitrogens with one attached hydrogen (secondary N) is 1. The van der Waals surface area contributed by atoms with E-state index in [1.54, 1.807) is 69.9 Å². The smallest absolute Gasteiger partial charge is 0.421 e. The number of benzene rings is 3. The van der Waals surface area contributed by atoms with Gasteiger partial charge in [0.2, 0.25) is 5.95 Å². The Morgan fingerprint density at radius 3 is 2.60 bits per heavy atom. The van der Waals surface area contributed by atoms with E-state index < -0.39 is 11.9 Å².